The number of halogens is 2. The first kappa shape index (κ1) is 17.3. The summed E-state index contributed by atoms with van der Waals surface area (Å²) in [5.41, 5.74) is 1.62. The molecule has 0 saturated carbocycles. The summed E-state index contributed by atoms with van der Waals surface area (Å²) >= 11 is 12.3. The first-order valence-corrected chi connectivity index (χ1v) is 8.86. The zero-order valence-electron chi connectivity index (χ0n) is 13.9. The molecule has 0 radical (unpaired) electrons. The highest BCUT2D eigenvalue weighted by Crippen LogP contribution is 2.28. The lowest BCUT2D eigenvalue weighted by molar-refractivity contribution is 0.270. The van der Waals surface area contributed by atoms with Crippen LogP contribution in [0.4, 0.5) is 17.5 Å². The van der Waals surface area contributed by atoms with Gasteiger partial charge >= 0.3 is 0 Å². The van der Waals surface area contributed by atoms with E-state index in [1.54, 1.807) is 18.2 Å². The zero-order chi connectivity index (χ0) is 17.1. The van der Waals surface area contributed by atoms with E-state index in [0.29, 0.717) is 21.7 Å². The van der Waals surface area contributed by atoms with E-state index in [0.717, 1.165) is 44.2 Å². The molecule has 128 valence electrons. The number of aromatic nitrogens is 2. The van der Waals surface area contributed by atoms with Crippen LogP contribution in [0.5, 0.6) is 0 Å². The van der Waals surface area contributed by atoms with Gasteiger partial charge in [-0.3, -0.25) is 0 Å². The monoisotopic (exact) mass is 365 g/mol. The SMILES string of the molecule is CCN1CCN(c2cc(C)nc(Nc3cc(Cl)ccc3Cl)n2)CC1. The topological polar surface area (TPSA) is 44.3 Å². The van der Waals surface area contributed by atoms with Crippen molar-refractivity contribution < 1.29 is 0 Å². The van der Waals surface area contributed by atoms with Gasteiger partial charge in [0.15, 0.2) is 0 Å². The van der Waals surface area contributed by atoms with Crippen molar-refractivity contribution in [1.82, 2.24) is 14.9 Å². The third-order valence-corrected chi connectivity index (χ3v) is 4.72. The van der Waals surface area contributed by atoms with Gasteiger partial charge in [-0.1, -0.05) is 30.1 Å². The van der Waals surface area contributed by atoms with Crippen molar-refractivity contribution in [2.45, 2.75) is 13.8 Å². The second-order valence-electron chi connectivity index (χ2n) is 5.86. The summed E-state index contributed by atoms with van der Waals surface area (Å²) < 4.78 is 0. The maximum atomic E-state index is 6.21. The molecule has 3 rings (SSSR count). The molecule has 0 amide bonds. The predicted molar refractivity (Wildman–Crippen MR) is 101 cm³/mol. The minimum absolute atomic E-state index is 0.534. The van der Waals surface area contributed by atoms with Gasteiger partial charge in [0, 0.05) is 43.0 Å². The molecular weight excluding hydrogens is 345 g/mol. The van der Waals surface area contributed by atoms with Crippen LogP contribution in [0.1, 0.15) is 12.6 Å². The van der Waals surface area contributed by atoms with E-state index in [-0.39, 0.29) is 0 Å². The predicted octanol–water partition coefficient (Wildman–Crippen LogP) is 3.98. The van der Waals surface area contributed by atoms with Crippen molar-refractivity contribution >= 4 is 40.7 Å². The highest BCUT2D eigenvalue weighted by Gasteiger charge is 2.18. The van der Waals surface area contributed by atoms with E-state index in [9.17, 15) is 0 Å². The molecule has 1 aliphatic rings. The Hall–Kier alpha value is -1.56. The minimum Gasteiger partial charge on any atom is -0.354 e. The molecule has 0 aliphatic carbocycles. The van der Waals surface area contributed by atoms with Crippen LogP contribution in [0.2, 0.25) is 10.0 Å². The molecule has 1 fully saturated rings. The number of aryl methyl sites for hydroxylation is 1. The van der Waals surface area contributed by atoms with Crippen molar-refractivity contribution in [3.63, 3.8) is 0 Å². The fourth-order valence-corrected chi connectivity index (χ4v) is 3.11. The van der Waals surface area contributed by atoms with Crippen LogP contribution < -0.4 is 10.2 Å². The van der Waals surface area contributed by atoms with Gasteiger partial charge in [0.2, 0.25) is 5.95 Å². The van der Waals surface area contributed by atoms with E-state index in [2.05, 4.69) is 32.0 Å². The van der Waals surface area contributed by atoms with Gasteiger partial charge in [-0.2, -0.15) is 4.98 Å². The zero-order valence-corrected chi connectivity index (χ0v) is 15.4. The number of hydrogen-bond donors (Lipinski definition) is 1. The molecule has 1 aromatic carbocycles. The average molecular weight is 366 g/mol. The Morgan fingerprint density at radius 2 is 1.83 bits per heavy atom. The highest BCUT2D eigenvalue weighted by molar-refractivity contribution is 6.35. The number of benzene rings is 1. The Bertz CT molecular complexity index is 714. The molecule has 0 atom stereocenters. The Labute approximate surface area is 152 Å². The van der Waals surface area contributed by atoms with E-state index in [1.165, 1.54) is 0 Å². The maximum absolute atomic E-state index is 6.21. The van der Waals surface area contributed by atoms with Gasteiger partial charge in [-0.15, -0.1) is 0 Å². The fourth-order valence-electron chi connectivity index (χ4n) is 2.78. The summed E-state index contributed by atoms with van der Waals surface area (Å²) in [6.07, 6.45) is 0. The molecule has 2 aromatic rings. The van der Waals surface area contributed by atoms with Crippen molar-refractivity contribution in [3.05, 3.63) is 40.0 Å². The first-order chi connectivity index (χ1) is 11.5. The summed E-state index contributed by atoms with van der Waals surface area (Å²) in [5.74, 6) is 1.48. The largest absolute Gasteiger partial charge is 0.354 e. The van der Waals surface area contributed by atoms with E-state index < -0.39 is 0 Å². The molecule has 1 aromatic heterocycles. The van der Waals surface area contributed by atoms with Gasteiger partial charge in [-0.25, -0.2) is 4.98 Å². The van der Waals surface area contributed by atoms with Crippen molar-refractivity contribution in [2.75, 3.05) is 42.9 Å². The van der Waals surface area contributed by atoms with E-state index >= 15 is 0 Å². The molecule has 2 heterocycles. The summed E-state index contributed by atoms with van der Waals surface area (Å²) in [4.78, 5) is 13.9. The number of nitrogens with zero attached hydrogens (tertiary/aromatic N) is 4. The lowest BCUT2D eigenvalue weighted by Crippen LogP contribution is -2.46. The molecule has 5 nitrogen and oxygen atoms in total. The molecule has 24 heavy (non-hydrogen) atoms. The van der Waals surface area contributed by atoms with Crippen molar-refractivity contribution in [1.29, 1.82) is 0 Å². The van der Waals surface area contributed by atoms with Crippen LogP contribution in [0.15, 0.2) is 24.3 Å². The number of rotatable bonds is 4. The van der Waals surface area contributed by atoms with Crippen molar-refractivity contribution in [3.8, 4) is 0 Å². The summed E-state index contributed by atoms with van der Waals surface area (Å²) in [5, 5.41) is 4.38. The quantitative estimate of drug-likeness (QED) is 0.887. The molecule has 7 heteroatoms. The summed E-state index contributed by atoms with van der Waals surface area (Å²) in [6.45, 7) is 9.32. The van der Waals surface area contributed by atoms with Crippen LogP contribution >= 0.6 is 23.2 Å². The standard InChI is InChI=1S/C17H21Cl2N5/c1-3-23-6-8-24(9-7-23)16-10-12(2)20-17(22-16)21-15-11-13(18)4-5-14(15)19/h4-5,10-11H,3,6-9H2,1-2H3,(H,20,21,22). The Kier molecular flexibility index (Phi) is 5.43. The smallest absolute Gasteiger partial charge is 0.229 e. The van der Waals surface area contributed by atoms with E-state index in [4.69, 9.17) is 23.2 Å². The van der Waals surface area contributed by atoms with Crippen LogP contribution in [0.3, 0.4) is 0 Å². The normalized spacial score (nSPS) is 15.6. The van der Waals surface area contributed by atoms with Gasteiger partial charge in [0.25, 0.3) is 0 Å². The molecule has 0 unspecified atom stereocenters. The molecule has 0 spiro atoms. The van der Waals surface area contributed by atoms with Gasteiger partial charge in [0.05, 0.1) is 10.7 Å². The maximum Gasteiger partial charge on any atom is 0.229 e. The average Bonchev–Trinajstić information content (AvgIpc) is 2.58. The highest BCUT2D eigenvalue weighted by atomic mass is 35.5. The number of likely N-dealkylation sites (N-methyl/N-ethyl adjacent to an activating group) is 1. The van der Waals surface area contributed by atoms with Crippen LogP contribution in [-0.2, 0) is 0 Å². The second kappa shape index (κ2) is 7.55. The van der Waals surface area contributed by atoms with E-state index in [1.807, 2.05) is 13.0 Å². The Morgan fingerprint density at radius 3 is 2.54 bits per heavy atom. The molecule has 1 aliphatic heterocycles. The Morgan fingerprint density at radius 1 is 1.08 bits per heavy atom. The lowest BCUT2D eigenvalue weighted by atomic mass is 10.3. The third kappa shape index (κ3) is 4.09. The van der Waals surface area contributed by atoms with Crippen LogP contribution in [0, 0.1) is 6.92 Å². The van der Waals surface area contributed by atoms with Gasteiger partial charge in [-0.05, 0) is 31.7 Å². The summed E-state index contributed by atoms with van der Waals surface area (Å²) in [7, 11) is 0. The number of nitrogens with one attached hydrogen (secondary N) is 1. The number of piperazine rings is 1. The molecular formula is C17H21Cl2N5. The summed E-state index contributed by atoms with van der Waals surface area (Å²) in [6, 6.07) is 7.30. The second-order valence-corrected chi connectivity index (χ2v) is 6.71. The third-order valence-electron chi connectivity index (χ3n) is 4.16. The first-order valence-electron chi connectivity index (χ1n) is 8.10. The van der Waals surface area contributed by atoms with Gasteiger partial charge in [0.1, 0.15) is 5.82 Å². The lowest BCUT2D eigenvalue weighted by Gasteiger charge is -2.34. The number of anilines is 3. The van der Waals surface area contributed by atoms with Gasteiger partial charge < -0.3 is 15.1 Å². The number of hydrogen-bond acceptors (Lipinski definition) is 5. The van der Waals surface area contributed by atoms with Crippen molar-refractivity contribution in [2.24, 2.45) is 0 Å². The molecule has 0 bridgehead atoms. The van der Waals surface area contributed by atoms with Crippen LogP contribution in [0.25, 0.3) is 0 Å². The fraction of sp³-hybridized carbons (Fsp3) is 0.412. The minimum atomic E-state index is 0.534. The molecule has 1 saturated heterocycles. The Balaban J connectivity index is 1.80. The van der Waals surface area contributed by atoms with Crippen LogP contribution in [-0.4, -0.2) is 47.6 Å². The molecule has 1 N–H and O–H groups in total.